The molecule has 23 heavy (non-hydrogen) atoms. The van der Waals surface area contributed by atoms with Gasteiger partial charge in [0.2, 0.25) is 13.6 Å². The van der Waals surface area contributed by atoms with Crippen LogP contribution in [0.2, 0.25) is 0 Å². The highest BCUT2D eigenvalue weighted by Gasteiger charge is 2.32. The first-order chi connectivity index (χ1) is 10.4. The summed E-state index contributed by atoms with van der Waals surface area (Å²) >= 11 is 0. The minimum atomic E-state index is -3.57. The highest BCUT2D eigenvalue weighted by molar-refractivity contribution is 7.53. The molecule has 0 fully saturated rings. The van der Waals surface area contributed by atoms with Gasteiger partial charge in [-0.3, -0.25) is 23.2 Å². The van der Waals surface area contributed by atoms with Gasteiger partial charge in [-0.15, -0.1) is 0 Å². The smallest absolute Gasteiger partial charge is 0.337 e. The molecule has 0 aromatic heterocycles. The lowest BCUT2D eigenvalue weighted by atomic mass is 10.0. The van der Waals surface area contributed by atoms with Crippen LogP contribution < -0.4 is 0 Å². The monoisotopic (exact) mass is 352 g/mol. The topological polar surface area (TPSA) is 88.1 Å². The van der Waals surface area contributed by atoms with Crippen molar-refractivity contribution in [3.8, 4) is 0 Å². The lowest BCUT2D eigenvalue weighted by Crippen LogP contribution is -2.20. The molecule has 0 spiro atoms. The molecule has 8 heteroatoms. The molecule has 0 aliphatic heterocycles. The van der Waals surface area contributed by atoms with Crippen molar-refractivity contribution >= 4 is 19.5 Å². The van der Waals surface area contributed by atoms with E-state index in [1.807, 2.05) is 20.8 Å². The van der Waals surface area contributed by atoms with Crippen molar-refractivity contribution in [3.05, 3.63) is 0 Å². The third-order valence-corrected chi connectivity index (χ3v) is 4.85. The molecule has 0 aliphatic carbocycles. The Balaban J connectivity index is 4.61. The average molecular weight is 352 g/mol. The van der Waals surface area contributed by atoms with Crippen LogP contribution in [0.15, 0.2) is 0 Å². The van der Waals surface area contributed by atoms with Crippen molar-refractivity contribution in [2.24, 2.45) is 17.3 Å². The molecule has 0 N–H and O–H groups in total. The Bertz CT molecular complexity index is 408. The van der Waals surface area contributed by atoms with Gasteiger partial charge in [-0.1, -0.05) is 48.5 Å². The second kappa shape index (κ2) is 9.40. The van der Waals surface area contributed by atoms with E-state index in [9.17, 15) is 14.2 Å². The van der Waals surface area contributed by atoms with Gasteiger partial charge < -0.3 is 9.47 Å². The van der Waals surface area contributed by atoms with Crippen molar-refractivity contribution in [1.29, 1.82) is 0 Å². The molecular weight excluding hydrogens is 323 g/mol. The number of rotatable bonds is 9. The highest BCUT2D eigenvalue weighted by atomic mass is 31.2. The summed E-state index contributed by atoms with van der Waals surface area (Å²) in [5.74, 6) is -1.54. The van der Waals surface area contributed by atoms with Gasteiger partial charge in [-0.05, 0) is 5.41 Å². The summed E-state index contributed by atoms with van der Waals surface area (Å²) in [6, 6.07) is 0. The average Bonchev–Trinajstić information content (AvgIpc) is 2.35. The van der Waals surface area contributed by atoms with Crippen LogP contribution in [0.5, 0.6) is 0 Å². The first-order valence-electron chi connectivity index (χ1n) is 7.58. The zero-order valence-corrected chi connectivity index (χ0v) is 16.0. The van der Waals surface area contributed by atoms with Crippen molar-refractivity contribution in [3.63, 3.8) is 0 Å². The highest BCUT2D eigenvalue weighted by Crippen LogP contribution is 2.52. The summed E-state index contributed by atoms with van der Waals surface area (Å²) in [7, 11) is -3.57. The van der Waals surface area contributed by atoms with Gasteiger partial charge >= 0.3 is 19.5 Å². The molecular formula is C15H29O7P. The van der Waals surface area contributed by atoms with E-state index in [-0.39, 0.29) is 23.4 Å². The molecule has 0 aromatic carbocycles. The van der Waals surface area contributed by atoms with E-state index in [1.165, 1.54) is 0 Å². The fraction of sp³-hybridized carbons (Fsp3) is 0.867. The van der Waals surface area contributed by atoms with Crippen LogP contribution in [0.25, 0.3) is 0 Å². The van der Waals surface area contributed by atoms with Crippen LogP contribution in [0.3, 0.4) is 0 Å². The van der Waals surface area contributed by atoms with Crippen LogP contribution in [0, 0.1) is 17.3 Å². The number of carbonyl (C=O) groups is 2. The molecule has 0 rings (SSSR count). The number of carbonyl (C=O) groups excluding carboxylic acids is 2. The lowest BCUT2D eigenvalue weighted by Gasteiger charge is -2.25. The Morgan fingerprint density at radius 2 is 1.22 bits per heavy atom. The minimum Gasteiger partial charge on any atom is -0.438 e. The number of hydrogen-bond donors (Lipinski definition) is 0. The molecule has 7 nitrogen and oxygen atoms in total. The van der Waals surface area contributed by atoms with Crippen molar-refractivity contribution in [1.82, 2.24) is 0 Å². The second-order valence-corrected chi connectivity index (χ2v) is 9.11. The van der Waals surface area contributed by atoms with E-state index in [1.54, 1.807) is 27.7 Å². The second-order valence-electron chi connectivity index (χ2n) is 7.06. The van der Waals surface area contributed by atoms with Gasteiger partial charge in [0, 0.05) is 0 Å². The van der Waals surface area contributed by atoms with Gasteiger partial charge in [0.15, 0.2) is 0 Å². The van der Waals surface area contributed by atoms with Crippen LogP contribution in [0.4, 0.5) is 0 Å². The fourth-order valence-corrected chi connectivity index (χ4v) is 3.22. The normalized spacial score (nSPS) is 12.6. The molecule has 0 atom stereocenters. The number of hydrogen-bond acceptors (Lipinski definition) is 7. The van der Waals surface area contributed by atoms with Crippen molar-refractivity contribution in [2.75, 3.05) is 19.7 Å². The summed E-state index contributed by atoms with van der Waals surface area (Å²) in [6.07, 6.45) is 0.0957. The van der Waals surface area contributed by atoms with Crippen LogP contribution in [0.1, 0.15) is 48.5 Å². The Kier molecular flexibility index (Phi) is 9.03. The maximum absolute atomic E-state index is 12.7. The Hall–Kier alpha value is -0.910. The molecule has 0 bridgehead atoms. The Morgan fingerprint density at radius 3 is 1.48 bits per heavy atom. The molecule has 0 aromatic rings. The minimum absolute atomic E-state index is 0.0957. The van der Waals surface area contributed by atoms with E-state index in [0.29, 0.717) is 0 Å². The summed E-state index contributed by atoms with van der Waals surface area (Å²) in [6.45, 7) is 11.4. The molecule has 136 valence electrons. The Morgan fingerprint density at radius 1 is 0.870 bits per heavy atom. The third kappa shape index (κ3) is 10.5. The molecule has 0 aliphatic rings. The van der Waals surface area contributed by atoms with Gasteiger partial charge in [-0.2, -0.15) is 0 Å². The standard InChI is InChI=1S/C15H29O7P/c1-11(2)13(16)19-9-21-23(18,8-15(5,6)7)22-10-20-14(17)12(3)4/h11-12H,8-10H2,1-7H3. The van der Waals surface area contributed by atoms with E-state index in [0.717, 1.165) is 0 Å². The summed E-state index contributed by atoms with van der Waals surface area (Å²) in [4.78, 5) is 22.8. The van der Waals surface area contributed by atoms with Gasteiger partial charge in [-0.25, -0.2) is 0 Å². The lowest BCUT2D eigenvalue weighted by molar-refractivity contribution is -0.156. The molecule has 0 heterocycles. The maximum atomic E-state index is 12.7. The number of ether oxygens (including phenoxy) is 2. The maximum Gasteiger partial charge on any atom is 0.337 e. The largest absolute Gasteiger partial charge is 0.438 e. The van der Waals surface area contributed by atoms with E-state index in [2.05, 4.69) is 0 Å². The van der Waals surface area contributed by atoms with Gasteiger partial charge in [0.25, 0.3) is 0 Å². The zero-order valence-electron chi connectivity index (χ0n) is 15.1. The zero-order chi connectivity index (χ0) is 18.3. The van der Waals surface area contributed by atoms with Crippen LogP contribution in [-0.2, 0) is 32.7 Å². The van der Waals surface area contributed by atoms with Crippen molar-refractivity contribution < 1.29 is 32.7 Å². The van der Waals surface area contributed by atoms with Crippen molar-refractivity contribution in [2.45, 2.75) is 48.5 Å². The number of esters is 2. The van der Waals surface area contributed by atoms with Crippen LogP contribution in [-0.4, -0.2) is 31.7 Å². The quantitative estimate of drug-likeness (QED) is 0.356. The Labute approximate surface area is 138 Å². The van der Waals surface area contributed by atoms with E-state index >= 15 is 0 Å². The summed E-state index contributed by atoms with van der Waals surface area (Å²) < 4.78 is 32.8. The molecule has 0 radical (unpaired) electrons. The van der Waals surface area contributed by atoms with Crippen LogP contribution >= 0.6 is 7.60 Å². The molecule has 0 amide bonds. The SMILES string of the molecule is CC(C)C(=O)OCOP(=O)(CC(C)(C)C)OCOC(=O)C(C)C. The summed E-state index contributed by atoms with van der Waals surface area (Å²) in [5, 5.41) is 0. The molecule has 0 unspecified atom stereocenters. The predicted octanol–water partition coefficient (Wildman–Crippen LogP) is 3.57. The van der Waals surface area contributed by atoms with Gasteiger partial charge in [0.05, 0.1) is 18.0 Å². The molecule has 0 saturated carbocycles. The first kappa shape index (κ1) is 22.1. The van der Waals surface area contributed by atoms with E-state index < -0.39 is 33.1 Å². The third-order valence-electron chi connectivity index (χ3n) is 2.51. The molecule has 0 saturated heterocycles. The summed E-state index contributed by atoms with van der Waals surface area (Å²) in [5.41, 5.74) is -0.348. The first-order valence-corrected chi connectivity index (χ1v) is 9.30. The van der Waals surface area contributed by atoms with E-state index in [4.69, 9.17) is 18.5 Å². The van der Waals surface area contributed by atoms with Gasteiger partial charge in [0.1, 0.15) is 0 Å². The fourth-order valence-electron chi connectivity index (χ4n) is 1.37. The predicted molar refractivity (Wildman–Crippen MR) is 85.7 cm³/mol.